The van der Waals surface area contributed by atoms with E-state index in [9.17, 15) is 13.6 Å². The topological polar surface area (TPSA) is 80.0 Å². The van der Waals surface area contributed by atoms with Gasteiger partial charge in [-0.2, -0.15) is 0 Å². The number of aromatic nitrogens is 1. The molecule has 0 aliphatic rings. The predicted octanol–water partition coefficient (Wildman–Crippen LogP) is 2.21. The van der Waals surface area contributed by atoms with Gasteiger partial charge in [0.05, 0.1) is 11.9 Å². The van der Waals surface area contributed by atoms with Crippen LogP contribution < -0.4 is 16.6 Å². The van der Waals surface area contributed by atoms with Crippen LogP contribution in [0.1, 0.15) is 16.1 Å². The first-order valence-corrected chi connectivity index (χ1v) is 5.71. The second kappa shape index (κ2) is 5.62. The van der Waals surface area contributed by atoms with E-state index in [1.54, 1.807) is 19.1 Å². The Hall–Kier alpha value is -2.54. The van der Waals surface area contributed by atoms with Gasteiger partial charge < -0.3 is 10.7 Å². The third-order valence-electron chi connectivity index (χ3n) is 2.62. The van der Waals surface area contributed by atoms with Crippen molar-refractivity contribution in [2.24, 2.45) is 5.84 Å². The van der Waals surface area contributed by atoms with Crippen LogP contribution in [-0.4, -0.2) is 10.9 Å². The maximum atomic E-state index is 13.5. The Labute approximate surface area is 113 Å². The number of nitrogens with two attached hydrogens (primary N) is 1. The van der Waals surface area contributed by atoms with Crippen LogP contribution >= 0.6 is 0 Å². The summed E-state index contributed by atoms with van der Waals surface area (Å²) in [5.41, 5.74) is 2.48. The number of pyridine rings is 1. The van der Waals surface area contributed by atoms with Crippen molar-refractivity contribution < 1.29 is 13.6 Å². The summed E-state index contributed by atoms with van der Waals surface area (Å²) in [5.74, 6) is 2.45. The molecule has 0 bridgehead atoms. The molecule has 2 rings (SSSR count). The standard InChI is InChI=1S/C13H12F2N4O/c1-7-2-3-9(6-17-7)18-13(20)8-4-10(14)12(19-16)11(15)5-8/h2-6,19H,16H2,1H3,(H,18,20). The average molecular weight is 278 g/mol. The fourth-order valence-corrected chi connectivity index (χ4v) is 1.59. The van der Waals surface area contributed by atoms with Crippen molar-refractivity contribution in [3.63, 3.8) is 0 Å². The number of aryl methyl sites for hydroxylation is 1. The molecule has 1 aromatic carbocycles. The molecule has 7 heteroatoms. The van der Waals surface area contributed by atoms with Crippen LogP contribution in [0.25, 0.3) is 0 Å². The number of rotatable bonds is 3. The number of benzene rings is 1. The highest BCUT2D eigenvalue weighted by molar-refractivity contribution is 6.04. The van der Waals surface area contributed by atoms with Gasteiger partial charge in [-0.05, 0) is 31.2 Å². The van der Waals surface area contributed by atoms with E-state index in [0.29, 0.717) is 5.69 Å². The van der Waals surface area contributed by atoms with E-state index in [0.717, 1.165) is 17.8 Å². The van der Waals surface area contributed by atoms with Gasteiger partial charge in [0.15, 0.2) is 11.6 Å². The molecule has 2 aromatic rings. The fourth-order valence-electron chi connectivity index (χ4n) is 1.59. The number of anilines is 2. The molecule has 0 radical (unpaired) electrons. The quantitative estimate of drug-likeness (QED) is 0.594. The predicted molar refractivity (Wildman–Crippen MR) is 71.1 cm³/mol. The lowest BCUT2D eigenvalue weighted by Gasteiger charge is -2.08. The number of halogens is 2. The molecule has 0 unspecified atom stereocenters. The largest absolute Gasteiger partial charge is 0.321 e. The minimum atomic E-state index is -0.945. The number of hydrogen-bond donors (Lipinski definition) is 3. The van der Waals surface area contributed by atoms with E-state index < -0.39 is 23.2 Å². The van der Waals surface area contributed by atoms with Crippen molar-refractivity contribution in [1.82, 2.24) is 4.98 Å². The molecule has 1 heterocycles. The zero-order chi connectivity index (χ0) is 14.7. The Bertz CT molecular complexity index is 620. The minimum absolute atomic E-state index is 0.153. The fraction of sp³-hybridized carbons (Fsp3) is 0.0769. The van der Waals surface area contributed by atoms with Crippen molar-refractivity contribution in [1.29, 1.82) is 0 Å². The lowest BCUT2D eigenvalue weighted by molar-refractivity contribution is 0.102. The number of nitrogens with one attached hydrogen (secondary N) is 2. The maximum Gasteiger partial charge on any atom is 0.255 e. The maximum absolute atomic E-state index is 13.5. The Morgan fingerprint density at radius 1 is 1.25 bits per heavy atom. The minimum Gasteiger partial charge on any atom is -0.321 e. The molecule has 20 heavy (non-hydrogen) atoms. The van der Waals surface area contributed by atoms with Crippen molar-refractivity contribution in [2.75, 3.05) is 10.7 Å². The van der Waals surface area contributed by atoms with Gasteiger partial charge in [0.25, 0.3) is 5.91 Å². The first-order chi connectivity index (χ1) is 9.51. The van der Waals surface area contributed by atoms with Crippen LogP contribution in [0.3, 0.4) is 0 Å². The van der Waals surface area contributed by atoms with Gasteiger partial charge in [-0.25, -0.2) is 8.78 Å². The van der Waals surface area contributed by atoms with Crippen LogP contribution in [0.15, 0.2) is 30.5 Å². The van der Waals surface area contributed by atoms with Gasteiger partial charge in [0.1, 0.15) is 5.69 Å². The summed E-state index contributed by atoms with van der Waals surface area (Å²) < 4.78 is 27.0. The molecule has 1 amide bonds. The highest BCUT2D eigenvalue weighted by Gasteiger charge is 2.14. The molecule has 0 fully saturated rings. The monoisotopic (exact) mass is 278 g/mol. The molecular weight excluding hydrogens is 266 g/mol. The first-order valence-electron chi connectivity index (χ1n) is 5.71. The normalized spacial score (nSPS) is 10.2. The zero-order valence-electron chi connectivity index (χ0n) is 10.6. The number of nitrogen functional groups attached to an aromatic ring is 1. The molecule has 5 nitrogen and oxygen atoms in total. The van der Waals surface area contributed by atoms with Crippen LogP contribution in [-0.2, 0) is 0 Å². The summed E-state index contributed by atoms with van der Waals surface area (Å²) in [5, 5.41) is 2.49. The van der Waals surface area contributed by atoms with Crippen LogP contribution in [0.2, 0.25) is 0 Å². The molecule has 1 aromatic heterocycles. The summed E-state index contributed by atoms with van der Waals surface area (Å²) in [7, 11) is 0. The second-order valence-electron chi connectivity index (χ2n) is 4.10. The molecule has 0 saturated carbocycles. The van der Waals surface area contributed by atoms with Crippen LogP contribution in [0.4, 0.5) is 20.2 Å². The number of carbonyl (C=O) groups excluding carboxylic acids is 1. The van der Waals surface area contributed by atoms with Crippen LogP contribution in [0.5, 0.6) is 0 Å². The molecule has 0 atom stereocenters. The van der Waals surface area contributed by atoms with Crippen molar-refractivity contribution in [2.45, 2.75) is 6.92 Å². The van der Waals surface area contributed by atoms with E-state index in [1.807, 2.05) is 5.43 Å². The van der Waals surface area contributed by atoms with E-state index in [1.165, 1.54) is 6.20 Å². The van der Waals surface area contributed by atoms with Gasteiger partial charge in [-0.1, -0.05) is 0 Å². The van der Waals surface area contributed by atoms with Crippen LogP contribution in [0, 0.1) is 18.6 Å². The lowest BCUT2D eigenvalue weighted by atomic mass is 10.1. The van der Waals surface area contributed by atoms with Crippen molar-refractivity contribution in [3.8, 4) is 0 Å². The highest BCUT2D eigenvalue weighted by atomic mass is 19.1. The third-order valence-corrected chi connectivity index (χ3v) is 2.62. The highest BCUT2D eigenvalue weighted by Crippen LogP contribution is 2.20. The van der Waals surface area contributed by atoms with E-state index in [4.69, 9.17) is 5.84 Å². The molecule has 104 valence electrons. The number of nitrogens with zero attached hydrogens (tertiary/aromatic N) is 1. The number of hydrazine groups is 1. The summed E-state index contributed by atoms with van der Waals surface area (Å²) >= 11 is 0. The van der Waals surface area contributed by atoms with Gasteiger partial charge in [0.2, 0.25) is 0 Å². The molecule has 0 spiro atoms. The average Bonchev–Trinajstić information content (AvgIpc) is 2.41. The van der Waals surface area contributed by atoms with E-state index >= 15 is 0 Å². The summed E-state index contributed by atoms with van der Waals surface area (Å²) in [6.07, 6.45) is 1.45. The van der Waals surface area contributed by atoms with Gasteiger partial charge in [-0.15, -0.1) is 0 Å². The smallest absolute Gasteiger partial charge is 0.255 e. The SMILES string of the molecule is Cc1ccc(NC(=O)c2cc(F)c(NN)c(F)c2)cn1. The molecule has 4 N–H and O–H groups in total. The first kappa shape index (κ1) is 13.9. The number of amides is 1. The summed E-state index contributed by atoms with van der Waals surface area (Å²) in [6.45, 7) is 1.80. The summed E-state index contributed by atoms with van der Waals surface area (Å²) in [4.78, 5) is 15.9. The molecule has 0 aliphatic carbocycles. The molecule has 0 aliphatic heterocycles. The summed E-state index contributed by atoms with van der Waals surface area (Å²) in [6, 6.07) is 5.14. The van der Waals surface area contributed by atoms with Crippen molar-refractivity contribution >= 4 is 17.3 Å². The third kappa shape index (κ3) is 2.89. The van der Waals surface area contributed by atoms with E-state index in [-0.39, 0.29) is 5.56 Å². The Balaban J connectivity index is 2.23. The zero-order valence-corrected chi connectivity index (χ0v) is 10.6. The lowest BCUT2D eigenvalue weighted by Crippen LogP contribution is -2.15. The number of carbonyl (C=O) groups is 1. The Morgan fingerprint density at radius 3 is 2.40 bits per heavy atom. The number of hydrogen-bond acceptors (Lipinski definition) is 4. The molecular formula is C13H12F2N4O. The van der Waals surface area contributed by atoms with E-state index in [2.05, 4.69) is 10.3 Å². The molecule has 0 saturated heterocycles. The van der Waals surface area contributed by atoms with Crippen molar-refractivity contribution in [3.05, 3.63) is 53.4 Å². The van der Waals surface area contributed by atoms with Gasteiger partial charge >= 0.3 is 0 Å². The van der Waals surface area contributed by atoms with Gasteiger partial charge in [-0.3, -0.25) is 15.6 Å². The Morgan fingerprint density at radius 2 is 1.90 bits per heavy atom. The van der Waals surface area contributed by atoms with Gasteiger partial charge in [0, 0.05) is 11.3 Å². The Kier molecular flexibility index (Phi) is 3.90. The second-order valence-corrected chi connectivity index (χ2v) is 4.10.